The van der Waals surface area contributed by atoms with Gasteiger partial charge >= 0.3 is 0 Å². The van der Waals surface area contributed by atoms with E-state index < -0.39 is 0 Å². The molecule has 2 N–H and O–H groups in total. The molecule has 2 aromatic heterocycles. The molecule has 0 spiro atoms. The summed E-state index contributed by atoms with van der Waals surface area (Å²) in [6.07, 6.45) is 4.67. The van der Waals surface area contributed by atoms with Crippen LogP contribution in [-0.4, -0.2) is 50.9 Å². The van der Waals surface area contributed by atoms with Crippen LogP contribution in [0.5, 0.6) is 11.5 Å². The third-order valence-corrected chi connectivity index (χ3v) is 7.09. The van der Waals surface area contributed by atoms with E-state index in [2.05, 4.69) is 21.4 Å². The molecule has 7 heteroatoms. The topological polar surface area (TPSA) is 77.7 Å². The van der Waals surface area contributed by atoms with Crippen LogP contribution >= 0.6 is 0 Å². The number of aryl methyl sites for hydroxylation is 1. The number of anilines is 2. The molecule has 0 atom stereocenters. The Morgan fingerprint density at radius 3 is 1.79 bits per heavy atom. The molecule has 174 valence electrons. The van der Waals surface area contributed by atoms with Gasteiger partial charge in [0.15, 0.2) is 0 Å². The molecular formula is C27H29N5O2. The van der Waals surface area contributed by atoms with Crippen LogP contribution in [0.2, 0.25) is 0 Å². The van der Waals surface area contributed by atoms with Gasteiger partial charge in [-0.05, 0) is 73.2 Å². The molecule has 6 rings (SSSR count). The molecule has 2 aliphatic rings. The lowest BCUT2D eigenvalue weighted by molar-refractivity contribution is 0.475. The molecule has 7 nitrogen and oxygen atoms in total. The molecule has 0 unspecified atom stereocenters. The molecule has 34 heavy (non-hydrogen) atoms. The second kappa shape index (κ2) is 8.24. The van der Waals surface area contributed by atoms with Gasteiger partial charge in [0, 0.05) is 38.8 Å². The van der Waals surface area contributed by atoms with Gasteiger partial charge in [0.2, 0.25) is 5.95 Å². The summed E-state index contributed by atoms with van der Waals surface area (Å²) in [5, 5.41) is 20.9. The van der Waals surface area contributed by atoms with Gasteiger partial charge in [-0.2, -0.15) is 9.97 Å². The van der Waals surface area contributed by atoms with E-state index in [0.29, 0.717) is 0 Å². The zero-order valence-corrected chi connectivity index (χ0v) is 19.4. The summed E-state index contributed by atoms with van der Waals surface area (Å²) in [5.41, 5.74) is 4.98. The van der Waals surface area contributed by atoms with Gasteiger partial charge in [-0.3, -0.25) is 0 Å². The normalized spacial score (nSPS) is 16.1. The number of phenolic OH excluding ortho intramolecular Hbond substituents is 2. The average Bonchev–Trinajstić information content (AvgIpc) is 3.62. The van der Waals surface area contributed by atoms with Gasteiger partial charge in [-0.1, -0.05) is 12.1 Å². The zero-order valence-electron chi connectivity index (χ0n) is 19.4. The molecule has 2 aliphatic heterocycles. The summed E-state index contributed by atoms with van der Waals surface area (Å²) in [4.78, 5) is 15.0. The van der Waals surface area contributed by atoms with Gasteiger partial charge < -0.3 is 24.6 Å². The van der Waals surface area contributed by atoms with E-state index >= 15 is 0 Å². The minimum atomic E-state index is 0.238. The summed E-state index contributed by atoms with van der Waals surface area (Å²) in [7, 11) is 2.06. The van der Waals surface area contributed by atoms with Crippen LogP contribution in [0.1, 0.15) is 25.7 Å². The molecular weight excluding hydrogens is 426 g/mol. The Morgan fingerprint density at radius 2 is 1.21 bits per heavy atom. The number of benzene rings is 2. The number of hydrogen-bond donors (Lipinski definition) is 2. The molecule has 0 saturated carbocycles. The Labute approximate surface area is 198 Å². The standard InChI is InChI=1S/C27H29N5O2/c1-30-24(19-8-12-21(34)13-9-19)22(18-6-10-20(33)11-7-18)23-25(30)28-27(32-16-4-5-17-32)29-26(23)31-14-2-3-15-31/h6-13,33-34H,2-5,14-17H2,1H3. The minimum absolute atomic E-state index is 0.238. The maximum absolute atomic E-state index is 9.95. The molecule has 4 heterocycles. The fourth-order valence-electron chi connectivity index (χ4n) is 5.37. The predicted molar refractivity (Wildman–Crippen MR) is 136 cm³/mol. The highest BCUT2D eigenvalue weighted by Gasteiger charge is 2.28. The highest BCUT2D eigenvalue weighted by atomic mass is 16.3. The quantitative estimate of drug-likeness (QED) is 0.455. The SMILES string of the molecule is Cn1c(-c2ccc(O)cc2)c(-c2ccc(O)cc2)c2c(N3CCCC3)nc(N3CCCC3)nc21. The van der Waals surface area contributed by atoms with Crippen LogP contribution in [0.25, 0.3) is 33.4 Å². The number of nitrogens with zero attached hydrogens (tertiary/aromatic N) is 5. The van der Waals surface area contributed by atoms with Gasteiger partial charge in [0.05, 0.1) is 11.1 Å². The summed E-state index contributed by atoms with van der Waals surface area (Å²) in [5.74, 6) is 2.28. The lowest BCUT2D eigenvalue weighted by atomic mass is 9.98. The summed E-state index contributed by atoms with van der Waals surface area (Å²) in [6, 6.07) is 14.7. The summed E-state index contributed by atoms with van der Waals surface area (Å²) >= 11 is 0. The number of rotatable bonds is 4. The van der Waals surface area contributed by atoms with Crippen molar-refractivity contribution in [3.8, 4) is 33.9 Å². The van der Waals surface area contributed by atoms with Crippen molar-refractivity contribution in [2.24, 2.45) is 7.05 Å². The average molecular weight is 456 g/mol. The third kappa shape index (κ3) is 3.43. The number of aromatic nitrogens is 3. The number of phenols is 2. The molecule has 0 amide bonds. The number of fused-ring (bicyclic) bond motifs is 1. The van der Waals surface area contributed by atoms with E-state index in [1.165, 1.54) is 12.8 Å². The molecule has 0 bridgehead atoms. The smallest absolute Gasteiger partial charge is 0.229 e. The van der Waals surface area contributed by atoms with Crippen molar-refractivity contribution in [1.29, 1.82) is 0 Å². The maximum Gasteiger partial charge on any atom is 0.229 e. The zero-order chi connectivity index (χ0) is 23.2. The fourth-order valence-corrected chi connectivity index (χ4v) is 5.37. The monoisotopic (exact) mass is 455 g/mol. The Bertz CT molecular complexity index is 1330. The first-order valence-electron chi connectivity index (χ1n) is 12.1. The van der Waals surface area contributed by atoms with Crippen molar-refractivity contribution < 1.29 is 10.2 Å². The molecule has 4 aromatic rings. The van der Waals surface area contributed by atoms with E-state index in [1.54, 1.807) is 24.3 Å². The molecule has 2 fully saturated rings. The molecule has 0 aliphatic carbocycles. The van der Waals surface area contributed by atoms with E-state index in [1.807, 2.05) is 24.3 Å². The van der Waals surface area contributed by atoms with Crippen molar-refractivity contribution in [1.82, 2.24) is 14.5 Å². The van der Waals surface area contributed by atoms with Crippen molar-refractivity contribution in [3.63, 3.8) is 0 Å². The number of hydrogen-bond acceptors (Lipinski definition) is 6. The second-order valence-electron chi connectivity index (χ2n) is 9.31. The molecule has 2 saturated heterocycles. The highest BCUT2D eigenvalue weighted by molar-refractivity contribution is 6.09. The Balaban J connectivity index is 1.69. The maximum atomic E-state index is 9.95. The van der Waals surface area contributed by atoms with E-state index in [4.69, 9.17) is 9.97 Å². The highest BCUT2D eigenvalue weighted by Crippen LogP contribution is 2.45. The van der Waals surface area contributed by atoms with Crippen LogP contribution in [0.3, 0.4) is 0 Å². The van der Waals surface area contributed by atoms with Crippen molar-refractivity contribution in [3.05, 3.63) is 48.5 Å². The lowest BCUT2D eigenvalue weighted by Crippen LogP contribution is -2.24. The fraction of sp³-hybridized carbons (Fsp3) is 0.333. The largest absolute Gasteiger partial charge is 0.508 e. The third-order valence-electron chi connectivity index (χ3n) is 7.09. The molecule has 2 aromatic carbocycles. The van der Waals surface area contributed by atoms with E-state index in [0.717, 1.165) is 84.2 Å². The van der Waals surface area contributed by atoms with Gasteiger partial charge in [-0.25, -0.2) is 0 Å². The van der Waals surface area contributed by atoms with Crippen LogP contribution in [0, 0.1) is 0 Å². The predicted octanol–water partition coefficient (Wildman–Crippen LogP) is 4.91. The van der Waals surface area contributed by atoms with Crippen molar-refractivity contribution in [2.75, 3.05) is 36.0 Å². The number of aromatic hydroxyl groups is 2. The minimum Gasteiger partial charge on any atom is -0.508 e. The lowest BCUT2D eigenvalue weighted by Gasteiger charge is -2.22. The summed E-state index contributed by atoms with van der Waals surface area (Å²) in [6.45, 7) is 3.96. The Kier molecular flexibility index (Phi) is 5.05. The van der Waals surface area contributed by atoms with Crippen molar-refractivity contribution >= 4 is 22.8 Å². The van der Waals surface area contributed by atoms with Gasteiger partial charge in [-0.15, -0.1) is 0 Å². The van der Waals surface area contributed by atoms with Crippen LogP contribution < -0.4 is 9.80 Å². The van der Waals surface area contributed by atoms with Gasteiger partial charge in [0.1, 0.15) is 23.0 Å². The first-order valence-corrected chi connectivity index (χ1v) is 12.1. The Hall–Kier alpha value is -3.74. The first kappa shape index (κ1) is 20.8. The second-order valence-corrected chi connectivity index (χ2v) is 9.31. The van der Waals surface area contributed by atoms with Crippen LogP contribution in [-0.2, 0) is 7.05 Å². The van der Waals surface area contributed by atoms with E-state index in [-0.39, 0.29) is 11.5 Å². The van der Waals surface area contributed by atoms with Crippen LogP contribution in [0.4, 0.5) is 11.8 Å². The Morgan fingerprint density at radius 1 is 0.676 bits per heavy atom. The molecule has 0 radical (unpaired) electrons. The van der Waals surface area contributed by atoms with E-state index in [9.17, 15) is 10.2 Å². The first-order chi connectivity index (χ1) is 16.6. The van der Waals surface area contributed by atoms with Crippen LogP contribution in [0.15, 0.2) is 48.5 Å². The summed E-state index contributed by atoms with van der Waals surface area (Å²) < 4.78 is 2.16. The van der Waals surface area contributed by atoms with Crippen molar-refractivity contribution in [2.45, 2.75) is 25.7 Å². The van der Waals surface area contributed by atoms with Gasteiger partial charge in [0.25, 0.3) is 0 Å².